The molecule has 6 nitrogen and oxygen atoms in total. The van der Waals surface area contributed by atoms with E-state index in [0.29, 0.717) is 11.6 Å². The normalized spacial score (nSPS) is 10.8. The Bertz CT molecular complexity index is 1120. The van der Waals surface area contributed by atoms with E-state index in [4.69, 9.17) is 11.6 Å². The van der Waals surface area contributed by atoms with Crippen LogP contribution < -0.4 is 15.2 Å². The summed E-state index contributed by atoms with van der Waals surface area (Å²) in [5.41, 5.74) is 3.64. The van der Waals surface area contributed by atoms with Crippen molar-refractivity contribution < 1.29 is 53.5 Å². The Balaban J connectivity index is 0.00000256. The number of rotatable bonds is 7. The first-order valence-electron chi connectivity index (χ1n) is 8.76. The number of benzene rings is 2. The molecule has 0 bridgehead atoms. The molecule has 0 aliphatic heterocycles. The van der Waals surface area contributed by atoms with Crippen molar-refractivity contribution in [3.05, 3.63) is 71.1 Å². The number of aromatic nitrogens is 4. The number of ether oxygens (including phenoxy) is 1. The van der Waals surface area contributed by atoms with Crippen molar-refractivity contribution >= 4 is 34.1 Å². The van der Waals surface area contributed by atoms with E-state index in [1.807, 2.05) is 12.1 Å². The van der Waals surface area contributed by atoms with E-state index in [9.17, 15) is 8.78 Å². The van der Waals surface area contributed by atoms with Gasteiger partial charge in [0.25, 0.3) is 0 Å². The zero-order valence-electron chi connectivity index (χ0n) is 15.5. The topological polar surface area (TPSA) is 74.0 Å². The van der Waals surface area contributed by atoms with E-state index in [2.05, 4.69) is 36.3 Å². The van der Waals surface area contributed by atoms with E-state index in [-0.39, 0.29) is 50.7 Å². The third-order valence-corrected chi connectivity index (χ3v) is 4.56. The number of hydrogen-bond acceptors (Lipinski definition) is 5. The van der Waals surface area contributed by atoms with Crippen molar-refractivity contribution in [1.29, 1.82) is 0 Å². The standard InChI is InChI=1S/C20H15ClF2N5O.Th/c21-16-8-15(4-6-18(16)29-19(22)23)27-20-24-9-13(10-25-20)2-1-12-3-5-17-14(7-12)11-26-28-17;/h3-11,19H,1-2H2,(H-,24,25,26,27,28);/q-1;. The third-order valence-electron chi connectivity index (χ3n) is 4.27. The number of hydrogen-bond donors (Lipinski definition) is 1. The van der Waals surface area contributed by atoms with Crippen LogP contribution in [0.15, 0.2) is 55.0 Å². The molecule has 0 spiro atoms. The number of alkyl halides is 2. The van der Waals surface area contributed by atoms with E-state index in [0.717, 1.165) is 29.3 Å². The molecule has 4 aromatic rings. The molecule has 2 aromatic heterocycles. The molecule has 0 saturated heterocycles. The summed E-state index contributed by atoms with van der Waals surface area (Å²) in [6.07, 6.45) is 6.88. The second-order valence-corrected chi connectivity index (χ2v) is 6.71. The van der Waals surface area contributed by atoms with Gasteiger partial charge in [0, 0.05) is 64.2 Å². The van der Waals surface area contributed by atoms with Crippen LogP contribution in [-0.4, -0.2) is 21.7 Å². The fourth-order valence-electron chi connectivity index (χ4n) is 2.84. The minimum absolute atomic E-state index is 0. The van der Waals surface area contributed by atoms with Crippen molar-refractivity contribution in [3.63, 3.8) is 0 Å². The molecule has 4 rings (SSSR count). The van der Waals surface area contributed by atoms with Crippen molar-refractivity contribution in [2.75, 3.05) is 5.32 Å². The predicted molar refractivity (Wildman–Crippen MR) is 106 cm³/mol. The number of fused-ring (bicyclic) bond motifs is 1. The average Bonchev–Trinajstić information content (AvgIpc) is 3.17. The van der Waals surface area contributed by atoms with Gasteiger partial charge in [0.2, 0.25) is 5.95 Å². The molecule has 10 heteroatoms. The minimum Gasteiger partial charge on any atom is -0.575 e. The Kier molecular flexibility index (Phi) is 7.88. The van der Waals surface area contributed by atoms with Crippen molar-refractivity contribution in [1.82, 2.24) is 20.2 Å². The van der Waals surface area contributed by atoms with E-state index in [1.54, 1.807) is 24.7 Å². The second kappa shape index (κ2) is 10.4. The maximum absolute atomic E-state index is 12.3. The Morgan fingerprint density at radius 3 is 2.50 bits per heavy atom. The van der Waals surface area contributed by atoms with E-state index < -0.39 is 6.61 Å². The number of anilines is 2. The summed E-state index contributed by atoms with van der Waals surface area (Å²) in [5, 5.41) is 12.0. The van der Waals surface area contributed by atoms with E-state index >= 15 is 0 Å². The molecule has 2 aromatic carbocycles. The van der Waals surface area contributed by atoms with E-state index in [1.165, 1.54) is 17.7 Å². The van der Waals surface area contributed by atoms with Gasteiger partial charge in [0.05, 0.1) is 5.02 Å². The van der Waals surface area contributed by atoms with Crippen molar-refractivity contribution in [2.24, 2.45) is 0 Å². The maximum atomic E-state index is 12.3. The van der Waals surface area contributed by atoms with Crippen molar-refractivity contribution in [3.8, 4) is 5.75 Å². The monoisotopic (exact) mass is 646 g/mol. The molecule has 0 saturated carbocycles. The van der Waals surface area contributed by atoms with Crippen LogP contribution in [0.2, 0.25) is 5.02 Å². The van der Waals surface area contributed by atoms with Crippen LogP contribution in [0.25, 0.3) is 10.9 Å². The molecular weight excluding hydrogens is 632 g/mol. The average molecular weight is 647 g/mol. The summed E-state index contributed by atoms with van der Waals surface area (Å²) in [7, 11) is 0. The molecule has 152 valence electrons. The SMILES string of the molecule is FC(F)Oc1ccc(Nc2ncc(CCc3ccc4[n-]ncc4c3)cn2)cc1Cl.[Th]. The van der Waals surface area contributed by atoms with Gasteiger partial charge in [-0.15, -0.1) is 5.52 Å². The van der Waals surface area contributed by atoms with Gasteiger partial charge in [0.15, 0.2) is 0 Å². The van der Waals surface area contributed by atoms with Crippen LogP contribution in [-0.2, 0) is 12.8 Å². The molecule has 0 radical (unpaired) electrons. The largest absolute Gasteiger partial charge is 0.575 e. The third kappa shape index (κ3) is 5.82. The molecule has 0 fully saturated rings. The summed E-state index contributed by atoms with van der Waals surface area (Å²) >= 11 is 5.95. The van der Waals surface area contributed by atoms with Gasteiger partial charge in [-0.3, -0.25) is 0 Å². The van der Waals surface area contributed by atoms with Gasteiger partial charge < -0.3 is 20.3 Å². The summed E-state index contributed by atoms with van der Waals surface area (Å²) in [4.78, 5) is 8.58. The van der Waals surface area contributed by atoms with Crippen LogP contribution in [0.3, 0.4) is 0 Å². The predicted octanol–water partition coefficient (Wildman–Crippen LogP) is 4.77. The van der Waals surface area contributed by atoms with Gasteiger partial charge in [0.1, 0.15) is 5.75 Å². The van der Waals surface area contributed by atoms with Crippen LogP contribution in [0, 0.1) is 39.9 Å². The first-order valence-corrected chi connectivity index (χ1v) is 9.14. The summed E-state index contributed by atoms with van der Waals surface area (Å²) in [6.45, 7) is -2.93. The molecule has 30 heavy (non-hydrogen) atoms. The number of nitrogens with zero attached hydrogens (tertiary/aromatic N) is 4. The zero-order chi connectivity index (χ0) is 20.2. The molecule has 0 unspecified atom stereocenters. The Morgan fingerprint density at radius 2 is 1.77 bits per heavy atom. The smallest absolute Gasteiger partial charge is 0.387 e. The van der Waals surface area contributed by atoms with Gasteiger partial charge in [-0.1, -0.05) is 29.8 Å². The Labute approximate surface area is 208 Å². The first-order chi connectivity index (χ1) is 14.1. The molecule has 0 amide bonds. The van der Waals surface area contributed by atoms with Crippen LogP contribution in [0.1, 0.15) is 11.1 Å². The minimum atomic E-state index is -2.93. The van der Waals surface area contributed by atoms with Gasteiger partial charge >= 0.3 is 6.61 Å². The van der Waals surface area contributed by atoms with Gasteiger partial charge in [-0.25, -0.2) is 9.97 Å². The van der Waals surface area contributed by atoms with Crippen LogP contribution >= 0.6 is 11.6 Å². The van der Waals surface area contributed by atoms with Crippen LogP contribution in [0.5, 0.6) is 5.75 Å². The number of aryl methyl sites for hydroxylation is 2. The summed E-state index contributed by atoms with van der Waals surface area (Å²) in [6, 6.07) is 10.5. The van der Waals surface area contributed by atoms with Crippen molar-refractivity contribution in [2.45, 2.75) is 19.5 Å². The quantitative estimate of drug-likeness (QED) is 0.312. The number of nitrogens with one attached hydrogen (secondary N) is 1. The summed E-state index contributed by atoms with van der Waals surface area (Å²) < 4.78 is 28.9. The molecule has 0 atom stereocenters. The first kappa shape index (κ1) is 22.7. The fraction of sp³-hybridized carbons (Fsp3) is 0.150. The Hall–Kier alpha value is -1.94. The van der Waals surface area contributed by atoms with Gasteiger partial charge in [-0.2, -0.15) is 8.78 Å². The zero-order valence-corrected chi connectivity index (χ0v) is 20.4. The molecule has 0 aliphatic rings. The second-order valence-electron chi connectivity index (χ2n) is 6.30. The summed E-state index contributed by atoms with van der Waals surface area (Å²) in [5.74, 6) is 0.290. The number of halogens is 3. The Morgan fingerprint density at radius 1 is 1.00 bits per heavy atom. The molecule has 2 heterocycles. The fourth-order valence-corrected chi connectivity index (χ4v) is 3.07. The van der Waals surface area contributed by atoms with Gasteiger partial charge in [-0.05, 0) is 47.6 Å². The maximum Gasteiger partial charge on any atom is 0.387 e. The van der Waals surface area contributed by atoms with Crippen LogP contribution in [0.4, 0.5) is 20.4 Å². The molecule has 1 N–H and O–H groups in total. The molecular formula is C20H15ClF2N5OTh-. The molecule has 0 aliphatic carbocycles.